The van der Waals surface area contributed by atoms with Crippen LogP contribution in [-0.2, 0) is 38.0 Å². The molecule has 0 aromatic heterocycles. The first-order valence-corrected chi connectivity index (χ1v) is 8.03. The van der Waals surface area contributed by atoms with Gasteiger partial charge in [0.25, 0.3) is 0 Å². The second-order valence-corrected chi connectivity index (χ2v) is 13.3. The molecule has 0 aliphatic heterocycles. The first-order valence-electron chi connectivity index (χ1n) is 0.857. The molecule has 0 heterocycles. The van der Waals surface area contributed by atoms with E-state index in [9.17, 15) is 4.57 Å². The summed E-state index contributed by atoms with van der Waals surface area (Å²) in [6.07, 6.45) is 0. The summed E-state index contributed by atoms with van der Waals surface area (Å²) in [6.45, 7) is 0. The van der Waals surface area contributed by atoms with E-state index in [0.29, 0.717) is 17.8 Å². The molecular formula is HFeO2PZn. The van der Waals surface area contributed by atoms with Crippen molar-refractivity contribution >= 4 is 4.39 Å². The van der Waals surface area contributed by atoms with Gasteiger partial charge in [-0.3, -0.25) is 0 Å². The average molecular weight is 185 g/mol. The first kappa shape index (κ1) is 6.33. The van der Waals surface area contributed by atoms with E-state index in [4.69, 9.17) is 4.89 Å². The van der Waals surface area contributed by atoms with E-state index >= 15 is 0 Å². The van der Waals surface area contributed by atoms with Gasteiger partial charge < -0.3 is 0 Å². The second-order valence-electron chi connectivity index (χ2n) is 0.599. The Balaban J connectivity index is 3.47. The van der Waals surface area contributed by atoms with Gasteiger partial charge >= 0.3 is 47.2 Å². The molecule has 0 aliphatic rings. The van der Waals surface area contributed by atoms with E-state index in [1.807, 2.05) is 0 Å². The van der Waals surface area contributed by atoms with E-state index in [2.05, 4.69) is 15.6 Å². The zero-order chi connectivity index (χ0) is 4.50. The number of rotatable bonds is 0. The van der Waals surface area contributed by atoms with Crippen LogP contribution in [0, 0.1) is 0 Å². The van der Waals surface area contributed by atoms with Crippen LogP contribution in [0.25, 0.3) is 0 Å². The monoisotopic (exact) mass is 184 g/mol. The van der Waals surface area contributed by atoms with E-state index in [0.717, 1.165) is 0 Å². The summed E-state index contributed by atoms with van der Waals surface area (Å²) in [5.74, 6) is 0. The van der Waals surface area contributed by atoms with Crippen LogP contribution in [0.4, 0.5) is 0 Å². The first-order chi connectivity index (χ1) is 2.00. The zero-order valence-electron chi connectivity index (χ0n) is 2.36. The fraction of sp³-hybridized carbons (Fsp3) is 0. The topological polar surface area (TPSA) is 37.3 Å². The molecular weight excluding hydrogens is 184 g/mol. The molecule has 0 spiro atoms. The maximum atomic E-state index is 9.72. The molecule has 1 unspecified atom stereocenters. The molecule has 0 aliphatic carbocycles. The van der Waals surface area contributed by atoms with Gasteiger partial charge in [-0.15, -0.1) is 0 Å². The molecule has 0 rings (SSSR count). The predicted molar refractivity (Wildman–Crippen MR) is 9.83 cm³/mol. The van der Waals surface area contributed by atoms with Crippen LogP contribution < -0.4 is 0 Å². The van der Waals surface area contributed by atoms with E-state index in [1.54, 1.807) is 0 Å². The summed E-state index contributed by atoms with van der Waals surface area (Å²) in [5, 5.41) is 0. The fourth-order valence-corrected chi connectivity index (χ4v) is 0. The van der Waals surface area contributed by atoms with Crippen molar-refractivity contribution in [3.63, 3.8) is 0 Å². The van der Waals surface area contributed by atoms with Gasteiger partial charge in [0.1, 0.15) is 0 Å². The van der Waals surface area contributed by atoms with Gasteiger partial charge in [0.2, 0.25) is 0 Å². The van der Waals surface area contributed by atoms with Crippen LogP contribution >= 0.6 is 4.39 Å². The third kappa shape index (κ3) is 33.3. The Bertz CT molecular complexity index is 55.8. The molecule has 0 saturated carbocycles. The second kappa shape index (κ2) is 1.86. The molecule has 0 bridgehead atoms. The van der Waals surface area contributed by atoms with Crippen molar-refractivity contribution in [3.8, 4) is 0 Å². The van der Waals surface area contributed by atoms with Crippen molar-refractivity contribution in [2.45, 2.75) is 0 Å². The molecule has 0 aromatic carbocycles. The predicted octanol–water partition coefficient (Wildman–Crippen LogP) is 0.180. The molecule has 0 fully saturated rings. The summed E-state index contributed by atoms with van der Waals surface area (Å²) in [7, 11) is 0. The van der Waals surface area contributed by atoms with Gasteiger partial charge in [0.15, 0.2) is 0 Å². The van der Waals surface area contributed by atoms with E-state index in [-0.39, 0.29) is 0 Å². The van der Waals surface area contributed by atoms with Crippen molar-refractivity contribution in [2.75, 3.05) is 0 Å². The average Bonchev–Trinajstić information content (AvgIpc) is 0.722. The SMILES string of the molecule is O=[P](O)([Fe])[Zn]. The van der Waals surface area contributed by atoms with Gasteiger partial charge in [-0.05, 0) is 0 Å². The Morgan fingerprint density at radius 1 is 2.00 bits per heavy atom. The Labute approximate surface area is 47.4 Å². The van der Waals surface area contributed by atoms with Crippen LogP contribution in [-0.4, -0.2) is 4.89 Å². The summed E-state index contributed by atoms with van der Waals surface area (Å²) >= 11 is 3.33. The molecule has 1 atom stereocenters. The fourth-order valence-electron chi connectivity index (χ4n) is 0. The Kier molecular flexibility index (Phi) is 2.36. The van der Waals surface area contributed by atoms with Crippen LogP contribution in [0.5, 0.6) is 0 Å². The summed E-state index contributed by atoms with van der Waals surface area (Å²) in [4.78, 5) is 8.02. The van der Waals surface area contributed by atoms with Crippen LogP contribution in [0.3, 0.4) is 0 Å². The molecule has 0 saturated heterocycles. The Hall–Kier alpha value is 1.33. The van der Waals surface area contributed by atoms with Crippen LogP contribution in [0.1, 0.15) is 0 Å². The molecule has 0 aromatic rings. The molecule has 1 N–H and O–H groups in total. The molecule has 28 valence electrons. The molecule has 5 heavy (non-hydrogen) atoms. The van der Waals surface area contributed by atoms with Gasteiger partial charge in [-0.2, -0.15) is 0 Å². The van der Waals surface area contributed by atoms with Crippen molar-refractivity contribution in [2.24, 2.45) is 0 Å². The third-order valence-corrected chi connectivity index (χ3v) is 0. The van der Waals surface area contributed by atoms with Crippen LogP contribution in [0.2, 0.25) is 0 Å². The Morgan fingerprint density at radius 3 is 2.00 bits per heavy atom. The van der Waals surface area contributed by atoms with E-state index in [1.165, 1.54) is 0 Å². The van der Waals surface area contributed by atoms with E-state index < -0.39 is 4.39 Å². The normalized spacial score (nSPS) is 21.6. The summed E-state index contributed by atoms with van der Waals surface area (Å²) in [6, 6.07) is 0. The molecule has 5 heteroatoms. The number of hydrogen-bond acceptors (Lipinski definition) is 1. The van der Waals surface area contributed by atoms with Crippen molar-refractivity contribution < 1.29 is 42.8 Å². The van der Waals surface area contributed by atoms with Crippen molar-refractivity contribution in [3.05, 3.63) is 0 Å². The minimum atomic E-state index is -2.76. The van der Waals surface area contributed by atoms with Crippen LogP contribution in [0.15, 0.2) is 0 Å². The van der Waals surface area contributed by atoms with Gasteiger partial charge in [-0.25, -0.2) is 0 Å². The summed E-state index contributed by atoms with van der Waals surface area (Å²) in [5.41, 5.74) is 0. The maximum absolute atomic E-state index is 9.72. The third-order valence-electron chi connectivity index (χ3n) is 0. The van der Waals surface area contributed by atoms with Crippen molar-refractivity contribution in [1.82, 2.24) is 0 Å². The number of hydrogen-bond donors (Lipinski definition) is 1. The van der Waals surface area contributed by atoms with Gasteiger partial charge in [0.05, 0.1) is 0 Å². The molecule has 0 radical (unpaired) electrons. The minimum absolute atomic E-state index is 0.396. The Morgan fingerprint density at radius 2 is 2.00 bits per heavy atom. The molecule has 2 nitrogen and oxygen atoms in total. The molecule has 0 amide bonds. The zero-order valence-corrected chi connectivity index (χ0v) is 7.33. The van der Waals surface area contributed by atoms with Gasteiger partial charge in [-0.1, -0.05) is 0 Å². The standard InChI is InChI=1S/Fe.HO2P.Zn/c;1-3-2;/h;(H,1,2);. The van der Waals surface area contributed by atoms with Crippen molar-refractivity contribution in [1.29, 1.82) is 0 Å². The summed E-state index contributed by atoms with van der Waals surface area (Å²) < 4.78 is 6.95. The van der Waals surface area contributed by atoms with Gasteiger partial charge in [0, 0.05) is 0 Å². The quantitative estimate of drug-likeness (QED) is 0.432.